The lowest BCUT2D eigenvalue weighted by Crippen LogP contribution is -2.43. The molecule has 3 fully saturated rings. The SMILES string of the molecule is O=C(Nc1ccc(N2CCOCC2)nc1)N1CCCN2CC[C@H](c3ccc(Br)cc3)[C@@H]2C1. The summed E-state index contributed by atoms with van der Waals surface area (Å²) >= 11 is 3.54. The molecule has 3 aliphatic heterocycles. The van der Waals surface area contributed by atoms with Crippen LogP contribution in [-0.4, -0.2) is 79.3 Å². The van der Waals surface area contributed by atoms with Gasteiger partial charge in [0, 0.05) is 49.2 Å². The van der Waals surface area contributed by atoms with Crippen molar-refractivity contribution < 1.29 is 9.53 Å². The summed E-state index contributed by atoms with van der Waals surface area (Å²) in [5.41, 5.74) is 2.11. The maximum atomic E-state index is 13.1. The first-order valence-electron chi connectivity index (χ1n) is 11.5. The molecule has 0 saturated carbocycles. The molecule has 5 rings (SSSR count). The molecule has 0 bridgehead atoms. The third-order valence-electron chi connectivity index (χ3n) is 6.86. The number of hydrogen-bond acceptors (Lipinski definition) is 5. The number of carbonyl (C=O) groups is 1. The first-order chi connectivity index (χ1) is 15.7. The summed E-state index contributed by atoms with van der Waals surface area (Å²) in [5.74, 6) is 1.39. The summed E-state index contributed by atoms with van der Waals surface area (Å²) in [6, 6.07) is 12.9. The second-order valence-electron chi connectivity index (χ2n) is 8.78. The van der Waals surface area contributed by atoms with Gasteiger partial charge in [0.2, 0.25) is 0 Å². The molecule has 8 heteroatoms. The molecular weight excluding hydrogens is 470 g/mol. The highest BCUT2D eigenvalue weighted by Crippen LogP contribution is 2.35. The topological polar surface area (TPSA) is 60.9 Å². The molecule has 7 nitrogen and oxygen atoms in total. The van der Waals surface area contributed by atoms with Gasteiger partial charge in [0.25, 0.3) is 0 Å². The van der Waals surface area contributed by atoms with Crippen molar-refractivity contribution >= 4 is 33.5 Å². The van der Waals surface area contributed by atoms with Crippen molar-refractivity contribution in [3.63, 3.8) is 0 Å². The van der Waals surface area contributed by atoms with Crippen LogP contribution in [0, 0.1) is 0 Å². The quantitative estimate of drug-likeness (QED) is 0.696. The van der Waals surface area contributed by atoms with E-state index in [1.54, 1.807) is 6.20 Å². The lowest BCUT2D eigenvalue weighted by atomic mass is 9.91. The number of morpholine rings is 1. The Bertz CT molecular complexity index is 917. The average molecular weight is 500 g/mol. The van der Waals surface area contributed by atoms with Crippen LogP contribution in [0.15, 0.2) is 47.1 Å². The van der Waals surface area contributed by atoms with Gasteiger partial charge in [0.1, 0.15) is 5.82 Å². The number of halogens is 1. The van der Waals surface area contributed by atoms with E-state index in [0.717, 1.165) is 81.3 Å². The molecule has 2 amide bonds. The average Bonchev–Trinajstić information content (AvgIpc) is 3.10. The summed E-state index contributed by atoms with van der Waals surface area (Å²) in [7, 11) is 0. The number of hydrogen-bond donors (Lipinski definition) is 1. The van der Waals surface area contributed by atoms with E-state index in [2.05, 4.69) is 60.3 Å². The number of amides is 2. The van der Waals surface area contributed by atoms with Gasteiger partial charge < -0.3 is 19.9 Å². The Kier molecular flexibility index (Phi) is 6.62. The monoisotopic (exact) mass is 499 g/mol. The minimum absolute atomic E-state index is 0.0331. The lowest BCUT2D eigenvalue weighted by molar-refractivity contribution is 0.122. The van der Waals surface area contributed by atoms with Crippen molar-refractivity contribution in [3.8, 4) is 0 Å². The molecule has 0 spiro atoms. The standard InChI is InChI=1S/C24H30BrN5O2/c25-19-4-2-18(3-5-19)21-8-11-28-9-1-10-30(17-22(21)28)24(31)27-20-6-7-23(26-16-20)29-12-14-32-15-13-29/h2-7,16,21-22H,1,8-15,17H2,(H,27,31)/t21-,22+/m1/s1. The van der Waals surface area contributed by atoms with Crippen molar-refractivity contribution in [3.05, 3.63) is 52.6 Å². The molecule has 2 atom stereocenters. The number of benzene rings is 1. The number of anilines is 2. The number of ether oxygens (including phenoxy) is 1. The molecule has 1 aromatic carbocycles. The zero-order chi connectivity index (χ0) is 21.9. The van der Waals surface area contributed by atoms with Crippen molar-refractivity contribution in [2.75, 3.05) is 62.7 Å². The molecule has 2 aromatic rings. The fourth-order valence-corrected chi connectivity index (χ4v) is 5.41. The minimum atomic E-state index is -0.0331. The van der Waals surface area contributed by atoms with Crippen LogP contribution < -0.4 is 10.2 Å². The van der Waals surface area contributed by atoms with Crippen LogP contribution in [0.25, 0.3) is 0 Å². The summed E-state index contributed by atoms with van der Waals surface area (Å²) in [6.07, 6.45) is 3.91. The van der Waals surface area contributed by atoms with Gasteiger partial charge in [-0.1, -0.05) is 28.1 Å². The van der Waals surface area contributed by atoms with Gasteiger partial charge in [-0.15, -0.1) is 0 Å². The van der Waals surface area contributed by atoms with Crippen LogP contribution in [0.5, 0.6) is 0 Å². The van der Waals surface area contributed by atoms with Crippen molar-refractivity contribution in [1.29, 1.82) is 0 Å². The minimum Gasteiger partial charge on any atom is -0.378 e. The third-order valence-corrected chi connectivity index (χ3v) is 7.39. The third kappa shape index (κ3) is 4.77. The van der Waals surface area contributed by atoms with E-state index in [-0.39, 0.29) is 6.03 Å². The fraction of sp³-hybridized carbons (Fsp3) is 0.500. The molecule has 32 heavy (non-hydrogen) atoms. The second kappa shape index (κ2) is 9.77. The zero-order valence-corrected chi connectivity index (χ0v) is 19.8. The van der Waals surface area contributed by atoms with E-state index in [1.807, 2.05) is 17.0 Å². The largest absolute Gasteiger partial charge is 0.378 e. The molecule has 1 aromatic heterocycles. The predicted octanol–water partition coefficient (Wildman–Crippen LogP) is 3.78. The molecular formula is C24H30BrN5O2. The summed E-state index contributed by atoms with van der Waals surface area (Å²) in [5, 5.41) is 3.07. The number of nitrogens with one attached hydrogen (secondary N) is 1. The highest BCUT2D eigenvalue weighted by molar-refractivity contribution is 9.10. The van der Waals surface area contributed by atoms with Crippen LogP contribution in [0.2, 0.25) is 0 Å². The fourth-order valence-electron chi connectivity index (χ4n) is 5.14. The van der Waals surface area contributed by atoms with Crippen LogP contribution in [0.1, 0.15) is 24.3 Å². The summed E-state index contributed by atoms with van der Waals surface area (Å²) < 4.78 is 6.51. The maximum absolute atomic E-state index is 13.1. The summed E-state index contributed by atoms with van der Waals surface area (Å²) in [4.78, 5) is 24.4. The van der Waals surface area contributed by atoms with E-state index in [4.69, 9.17) is 4.74 Å². The Morgan fingerprint density at radius 2 is 1.84 bits per heavy atom. The van der Waals surface area contributed by atoms with Gasteiger partial charge in [0.15, 0.2) is 0 Å². The van der Waals surface area contributed by atoms with Gasteiger partial charge >= 0.3 is 6.03 Å². The Balaban J connectivity index is 1.24. The number of fused-ring (bicyclic) bond motifs is 1. The Labute approximate surface area is 197 Å². The highest BCUT2D eigenvalue weighted by atomic mass is 79.9. The van der Waals surface area contributed by atoms with Gasteiger partial charge in [-0.2, -0.15) is 0 Å². The number of aromatic nitrogens is 1. The summed E-state index contributed by atoms with van der Waals surface area (Å²) in [6.45, 7) is 6.86. The molecule has 0 aliphatic carbocycles. The van der Waals surface area contributed by atoms with E-state index < -0.39 is 0 Å². The number of urea groups is 1. The van der Waals surface area contributed by atoms with Crippen molar-refractivity contribution in [2.24, 2.45) is 0 Å². The molecule has 4 heterocycles. The maximum Gasteiger partial charge on any atom is 0.321 e. The number of nitrogens with zero attached hydrogens (tertiary/aromatic N) is 4. The van der Waals surface area contributed by atoms with Gasteiger partial charge in [0.05, 0.1) is 25.1 Å². The first-order valence-corrected chi connectivity index (χ1v) is 12.3. The van der Waals surface area contributed by atoms with E-state index in [1.165, 1.54) is 5.56 Å². The molecule has 0 unspecified atom stereocenters. The van der Waals surface area contributed by atoms with E-state index >= 15 is 0 Å². The smallest absolute Gasteiger partial charge is 0.321 e. The zero-order valence-electron chi connectivity index (χ0n) is 18.3. The molecule has 1 N–H and O–H groups in total. The highest BCUT2D eigenvalue weighted by Gasteiger charge is 2.38. The van der Waals surface area contributed by atoms with Crippen molar-refractivity contribution in [2.45, 2.75) is 24.8 Å². The Hall–Kier alpha value is -2.16. The molecule has 0 radical (unpaired) electrons. The first kappa shape index (κ1) is 21.7. The second-order valence-corrected chi connectivity index (χ2v) is 9.70. The predicted molar refractivity (Wildman–Crippen MR) is 129 cm³/mol. The van der Waals surface area contributed by atoms with Crippen molar-refractivity contribution in [1.82, 2.24) is 14.8 Å². The van der Waals surface area contributed by atoms with Crippen LogP contribution in [0.4, 0.5) is 16.3 Å². The van der Waals surface area contributed by atoms with E-state index in [0.29, 0.717) is 12.0 Å². The molecule has 3 saturated heterocycles. The van der Waals surface area contributed by atoms with Crippen LogP contribution in [0.3, 0.4) is 0 Å². The van der Waals surface area contributed by atoms with Crippen LogP contribution in [-0.2, 0) is 4.74 Å². The molecule has 3 aliphatic rings. The Morgan fingerprint density at radius 3 is 2.59 bits per heavy atom. The molecule has 170 valence electrons. The van der Waals surface area contributed by atoms with Gasteiger partial charge in [-0.3, -0.25) is 4.90 Å². The Morgan fingerprint density at radius 1 is 1.03 bits per heavy atom. The normalized spacial score (nSPS) is 24.2. The van der Waals surface area contributed by atoms with Gasteiger partial charge in [-0.25, -0.2) is 9.78 Å². The number of carbonyl (C=O) groups excluding carboxylic acids is 1. The lowest BCUT2D eigenvalue weighted by Gasteiger charge is -2.30. The van der Waals surface area contributed by atoms with E-state index in [9.17, 15) is 4.79 Å². The van der Waals surface area contributed by atoms with Gasteiger partial charge in [-0.05, 0) is 49.2 Å². The van der Waals surface area contributed by atoms with Crippen LogP contribution >= 0.6 is 15.9 Å². The number of rotatable bonds is 3. The number of pyridine rings is 1.